The molecule has 0 aromatic heterocycles. The van der Waals surface area contributed by atoms with Crippen molar-refractivity contribution in [1.29, 1.82) is 0 Å². The number of fused-ring (bicyclic) bond motifs is 3. The van der Waals surface area contributed by atoms with Crippen molar-refractivity contribution < 1.29 is 19.7 Å². The van der Waals surface area contributed by atoms with Crippen LogP contribution in [0.1, 0.15) is 64.2 Å². The normalized spacial score (nSPS) is 50.2. The van der Waals surface area contributed by atoms with Crippen LogP contribution < -0.4 is 0 Å². The van der Waals surface area contributed by atoms with Gasteiger partial charge in [-0.3, -0.25) is 4.79 Å². The molecule has 3 aliphatic carbocycles. The summed E-state index contributed by atoms with van der Waals surface area (Å²) in [7, 11) is 0. The monoisotopic (exact) mass is 322 g/mol. The zero-order chi connectivity index (χ0) is 16.0. The van der Waals surface area contributed by atoms with Gasteiger partial charge >= 0.3 is 0 Å². The van der Waals surface area contributed by atoms with Gasteiger partial charge < -0.3 is 14.9 Å². The molecular weight excluding hydrogens is 292 g/mol. The molecular formula is C19H30O4. The summed E-state index contributed by atoms with van der Waals surface area (Å²) < 4.78 is 6.25. The lowest BCUT2D eigenvalue weighted by Gasteiger charge is -2.36. The molecule has 0 bridgehead atoms. The Hall–Kier alpha value is -0.450. The first-order valence-corrected chi connectivity index (χ1v) is 9.67. The second-order valence-electron chi connectivity index (χ2n) is 8.43. The lowest BCUT2D eigenvalue weighted by Crippen LogP contribution is -2.38. The van der Waals surface area contributed by atoms with E-state index in [1.165, 1.54) is 0 Å². The highest BCUT2D eigenvalue weighted by Gasteiger charge is 2.50. The third-order valence-corrected chi connectivity index (χ3v) is 7.04. The molecule has 4 aliphatic rings. The molecule has 1 aliphatic heterocycles. The second kappa shape index (κ2) is 6.45. The van der Waals surface area contributed by atoms with Crippen LogP contribution in [-0.2, 0) is 9.53 Å². The zero-order valence-electron chi connectivity index (χ0n) is 13.9. The number of carbonyl (C=O) groups excluding carboxylic acids is 1. The predicted octanol–water partition coefficient (Wildman–Crippen LogP) is 2.45. The van der Waals surface area contributed by atoms with Gasteiger partial charge in [0.15, 0.2) is 0 Å². The minimum atomic E-state index is -0.192. The number of ketones is 1. The van der Waals surface area contributed by atoms with Crippen LogP contribution in [0.25, 0.3) is 0 Å². The van der Waals surface area contributed by atoms with Gasteiger partial charge in [-0.2, -0.15) is 0 Å². The lowest BCUT2D eigenvalue weighted by atomic mass is 9.67. The average Bonchev–Trinajstić information content (AvgIpc) is 2.92. The summed E-state index contributed by atoms with van der Waals surface area (Å²) in [5.41, 5.74) is 0. The topological polar surface area (TPSA) is 66.8 Å². The number of hydrogen-bond acceptors (Lipinski definition) is 4. The van der Waals surface area contributed by atoms with Crippen LogP contribution in [-0.4, -0.2) is 40.4 Å². The van der Waals surface area contributed by atoms with Crippen molar-refractivity contribution in [2.45, 2.75) is 88.6 Å². The minimum Gasteiger partial charge on any atom is -0.393 e. The van der Waals surface area contributed by atoms with Crippen molar-refractivity contribution in [3.63, 3.8) is 0 Å². The van der Waals surface area contributed by atoms with Gasteiger partial charge in [0.05, 0.1) is 24.4 Å². The smallest absolute Gasteiger partial charge is 0.139 e. The fourth-order valence-corrected chi connectivity index (χ4v) is 5.75. The first-order valence-electron chi connectivity index (χ1n) is 9.67. The summed E-state index contributed by atoms with van der Waals surface area (Å²) in [6, 6.07) is 0. The molecule has 0 amide bonds. The largest absolute Gasteiger partial charge is 0.393 e. The molecule has 0 radical (unpaired) electrons. The van der Waals surface area contributed by atoms with E-state index in [0.29, 0.717) is 29.8 Å². The molecule has 4 fully saturated rings. The second-order valence-corrected chi connectivity index (χ2v) is 8.43. The predicted molar refractivity (Wildman–Crippen MR) is 85.8 cm³/mol. The van der Waals surface area contributed by atoms with Crippen LogP contribution in [0.5, 0.6) is 0 Å². The van der Waals surface area contributed by atoms with Gasteiger partial charge in [-0.05, 0) is 76.0 Å². The molecule has 3 saturated carbocycles. The van der Waals surface area contributed by atoms with Gasteiger partial charge in [0.25, 0.3) is 0 Å². The molecule has 4 heteroatoms. The molecule has 6 atom stereocenters. The highest BCUT2D eigenvalue weighted by Crippen LogP contribution is 2.49. The first kappa shape index (κ1) is 16.0. The molecule has 0 spiro atoms. The van der Waals surface area contributed by atoms with Gasteiger partial charge in [0, 0.05) is 11.8 Å². The third-order valence-electron chi connectivity index (χ3n) is 7.04. The first-order chi connectivity index (χ1) is 11.1. The molecule has 1 saturated heterocycles. The molecule has 0 aromatic rings. The summed E-state index contributed by atoms with van der Waals surface area (Å²) in [6.07, 6.45) is 9.27. The summed E-state index contributed by atoms with van der Waals surface area (Å²) in [6.45, 7) is 0. The number of aliphatic hydroxyl groups is 2. The van der Waals surface area contributed by atoms with Crippen molar-refractivity contribution in [3.8, 4) is 0 Å². The van der Waals surface area contributed by atoms with E-state index in [1.54, 1.807) is 0 Å². The molecule has 0 aromatic carbocycles. The molecule has 2 N–H and O–H groups in total. The van der Waals surface area contributed by atoms with Crippen molar-refractivity contribution in [3.05, 3.63) is 0 Å². The summed E-state index contributed by atoms with van der Waals surface area (Å²) in [5, 5.41) is 19.6. The Balaban J connectivity index is 1.40. The number of aliphatic hydroxyl groups excluding tert-OH is 2. The van der Waals surface area contributed by atoms with E-state index in [-0.39, 0.29) is 24.0 Å². The maximum Gasteiger partial charge on any atom is 0.139 e. The van der Waals surface area contributed by atoms with E-state index < -0.39 is 0 Å². The van der Waals surface area contributed by atoms with Crippen LogP contribution in [0.3, 0.4) is 0 Å². The highest BCUT2D eigenvalue weighted by molar-refractivity contribution is 5.83. The van der Waals surface area contributed by atoms with Gasteiger partial charge in [-0.1, -0.05) is 0 Å². The number of rotatable bonds is 2. The molecule has 6 unspecified atom stereocenters. The Bertz CT molecular complexity index is 443. The van der Waals surface area contributed by atoms with E-state index in [9.17, 15) is 15.0 Å². The number of hydrogen-bond donors (Lipinski definition) is 2. The standard InChI is InChI=1S/C19H30O4/c20-13-4-1-11(2-5-13)19(22)12-3-7-17-15(9-12)16-10-14(21)6-8-18(16)23-17/h11-18,20-21H,1-10H2. The summed E-state index contributed by atoms with van der Waals surface area (Å²) in [4.78, 5) is 12.9. The van der Waals surface area contributed by atoms with E-state index in [0.717, 1.165) is 64.2 Å². The van der Waals surface area contributed by atoms with Gasteiger partial charge in [0.2, 0.25) is 0 Å². The maximum atomic E-state index is 12.9. The third kappa shape index (κ3) is 3.10. The molecule has 4 nitrogen and oxygen atoms in total. The summed E-state index contributed by atoms with van der Waals surface area (Å²) in [5.74, 6) is 1.77. The quantitative estimate of drug-likeness (QED) is 0.819. The van der Waals surface area contributed by atoms with E-state index in [4.69, 9.17) is 4.74 Å². The van der Waals surface area contributed by atoms with Crippen molar-refractivity contribution in [1.82, 2.24) is 0 Å². The van der Waals surface area contributed by atoms with Crippen molar-refractivity contribution in [2.75, 3.05) is 0 Å². The Labute approximate surface area is 138 Å². The van der Waals surface area contributed by atoms with Crippen LogP contribution in [0.2, 0.25) is 0 Å². The Morgan fingerprint density at radius 2 is 1.26 bits per heavy atom. The maximum absolute atomic E-state index is 12.9. The average molecular weight is 322 g/mol. The van der Waals surface area contributed by atoms with Crippen LogP contribution in [0.15, 0.2) is 0 Å². The highest BCUT2D eigenvalue weighted by atomic mass is 16.5. The van der Waals surface area contributed by atoms with E-state index >= 15 is 0 Å². The van der Waals surface area contributed by atoms with Crippen LogP contribution in [0.4, 0.5) is 0 Å². The fourth-order valence-electron chi connectivity index (χ4n) is 5.75. The summed E-state index contributed by atoms with van der Waals surface area (Å²) >= 11 is 0. The minimum absolute atomic E-state index is 0.172. The van der Waals surface area contributed by atoms with Crippen molar-refractivity contribution in [2.24, 2.45) is 23.7 Å². The van der Waals surface area contributed by atoms with Gasteiger partial charge in [-0.25, -0.2) is 0 Å². The van der Waals surface area contributed by atoms with E-state index in [1.807, 2.05) is 0 Å². The number of ether oxygens (including phenoxy) is 1. The SMILES string of the molecule is O=C(C1CCC(O)CC1)C1CCC2OC3CCC(O)CC3C2C1. The van der Waals surface area contributed by atoms with Gasteiger partial charge in [-0.15, -0.1) is 0 Å². The van der Waals surface area contributed by atoms with Crippen LogP contribution in [0, 0.1) is 23.7 Å². The zero-order valence-corrected chi connectivity index (χ0v) is 13.9. The van der Waals surface area contributed by atoms with Crippen LogP contribution >= 0.6 is 0 Å². The Morgan fingerprint density at radius 3 is 2.00 bits per heavy atom. The molecule has 23 heavy (non-hydrogen) atoms. The van der Waals surface area contributed by atoms with Crippen molar-refractivity contribution >= 4 is 5.78 Å². The Kier molecular flexibility index (Phi) is 4.50. The van der Waals surface area contributed by atoms with Gasteiger partial charge in [0.1, 0.15) is 5.78 Å². The number of Topliss-reactive ketones (excluding diaryl/α,β-unsaturated/α-hetero) is 1. The molecule has 130 valence electrons. The molecule has 4 rings (SSSR count). The number of carbonyl (C=O) groups is 1. The fraction of sp³-hybridized carbons (Fsp3) is 0.947. The molecule has 1 heterocycles. The lowest BCUT2D eigenvalue weighted by molar-refractivity contribution is -0.130. The Morgan fingerprint density at radius 1 is 0.696 bits per heavy atom. The van der Waals surface area contributed by atoms with E-state index in [2.05, 4.69) is 0 Å².